The van der Waals surface area contributed by atoms with Gasteiger partial charge in [0.25, 0.3) is 0 Å². The zero-order valence-corrected chi connectivity index (χ0v) is 14.1. The Morgan fingerprint density at radius 2 is 2.26 bits per heavy atom. The Bertz CT molecular complexity index is 654. The van der Waals surface area contributed by atoms with Crippen molar-refractivity contribution < 1.29 is 9.53 Å². The maximum absolute atomic E-state index is 12.6. The summed E-state index contributed by atoms with van der Waals surface area (Å²) in [6.07, 6.45) is 2.46. The van der Waals surface area contributed by atoms with E-state index in [9.17, 15) is 4.79 Å². The molecule has 0 saturated carbocycles. The number of rotatable bonds is 7. The Labute approximate surface area is 136 Å². The Hall–Kier alpha value is -2.50. The Balaban J connectivity index is 2.02. The van der Waals surface area contributed by atoms with Crippen LogP contribution in [0.5, 0.6) is 5.75 Å². The molecule has 2 N–H and O–H groups in total. The number of nitrogens with zero attached hydrogens (tertiary/aromatic N) is 2. The molecule has 0 spiro atoms. The van der Waals surface area contributed by atoms with Gasteiger partial charge in [-0.2, -0.15) is 0 Å². The predicted molar refractivity (Wildman–Crippen MR) is 90.5 cm³/mol. The van der Waals surface area contributed by atoms with Crippen LogP contribution >= 0.6 is 0 Å². The van der Waals surface area contributed by atoms with Crippen molar-refractivity contribution in [3.05, 3.63) is 42.0 Å². The van der Waals surface area contributed by atoms with Crippen molar-refractivity contribution in [1.82, 2.24) is 14.9 Å². The van der Waals surface area contributed by atoms with Crippen molar-refractivity contribution in [2.45, 2.75) is 32.9 Å². The number of likely N-dealkylation sites (N-methyl/N-ethyl adjacent to an activating group) is 1. The van der Waals surface area contributed by atoms with E-state index >= 15 is 0 Å². The highest BCUT2D eigenvalue weighted by Gasteiger charge is 2.21. The number of imidazole rings is 1. The molecule has 2 rings (SSSR count). The third-order valence-electron chi connectivity index (χ3n) is 3.64. The van der Waals surface area contributed by atoms with Gasteiger partial charge >= 0.3 is 0 Å². The van der Waals surface area contributed by atoms with Gasteiger partial charge in [0.05, 0.1) is 13.7 Å². The number of methoxy groups -OCH3 is 1. The van der Waals surface area contributed by atoms with E-state index in [2.05, 4.69) is 15.3 Å². The van der Waals surface area contributed by atoms with E-state index in [0.717, 1.165) is 23.0 Å². The predicted octanol–water partition coefficient (Wildman–Crippen LogP) is 2.58. The second-order valence-electron chi connectivity index (χ2n) is 5.54. The average molecular weight is 316 g/mol. The van der Waals surface area contributed by atoms with Crippen LogP contribution in [0.2, 0.25) is 0 Å². The van der Waals surface area contributed by atoms with E-state index in [-0.39, 0.29) is 11.9 Å². The lowest BCUT2D eigenvalue weighted by Gasteiger charge is -2.24. The van der Waals surface area contributed by atoms with Gasteiger partial charge in [-0.05, 0) is 25.5 Å². The number of ether oxygens (including phenoxy) is 1. The largest absolute Gasteiger partial charge is 0.497 e. The van der Waals surface area contributed by atoms with Crippen LogP contribution in [0.4, 0.5) is 5.69 Å². The number of carbonyl (C=O) groups excluding carboxylic acids is 1. The second kappa shape index (κ2) is 7.67. The molecule has 1 aromatic carbocycles. The minimum Gasteiger partial charge on any atom is -0.497 e. The summed E-state index contributed by atoms with van der Waals surface area (Å²) < 4.78 is 5.21. The van der Waals surface area contributed by atoms with Crippen LogP contribution in [0, 0.1) is 6.92 Å². The highest BCUT2D eigenvalue weighted by Crippen LogP contribution is 2.18. The number of anilines is 1. The van der Waals surface area contributed by atoms with E-state index < -0.39 is 0 Å². The zero-order chi connectivity index (χ0) is 16.8. The molecule has 1 atom stereocenters. The number of nitrogens with one attached hydrogen (secondary N) is 2. The summed E-state index contributed by atoms with van der Waals surface area (Å²) in [6, 6.07) is 7.29. The van der Waals surface area contributed by atoms with Gasteiger partial charge in [0.1, 0.15) is 17.6 Å². The molecule has 1 aromatic heterocycles. The molecule has 0 fully saturated rings. The maximum atomic E-state index is 12.6. The molecule has 124 valence electrons. The van der Waals surface area contributed by atoms with Crippen LogP contribution in [0.25, 0.3) is 0 Å². The summed E-state index contributed by atoms with van der Waals surface area (Å²) >= 11 is 0. The van der Waals surface area contributed by atoms with E-state index in [1.807, 2.05) is 38.1 Å². The van der Waals surface area contributed by atoms with Crippen LogP contribution in [-0.2, 0) is 11.3 Å². The van der Waals surface area contributed by atoms with Gasteiger partial charge in [0.15, 0.2) is 0 Å². The first-order chi connectivity index (χ1) is 11.0. The van der Waals surface area contributed by atoms with Crippen LogP contribution in [0.15, 0.2) is 30.5 Å². The first-order valence-electron chi connectivity index (χ1n) is 7.69. The lowest BCUT2D eigenvalue weighted by molar-refractivity contribution is -0.131. The van der Waals surface area contributed by atoms with Crippen molar-refractivity contribution in [3.8, 4) is 5.75 Å². The molecular formula is C17H24N4O2. The number of carbonyl (C=O) groups is 1. The fourth-order valence-corrected chi connectivity index (χ4v) is 2.37. The molecule has 0 aliphatic carbocycles. The van der Waals surface area contributed by atoms with Gasteiger partial charge in [-0.1, -0.05) is 13.0 Å². The maximum Gasteiger partial charge on any atom is 0.245 e. The molecule has 0 aliphatic rings. The monoisotopic (exact) mass is 316 g/mol. The van der Waals surface area contributed by atoms with Crippen molar-refractivity contribution in [1.29, 1.82) is 0 Å². The Kier molecular flexibility index (Phi) is 5.62. The molecule has 1 unspecified atom stereocenters. The molecule has 0 bridgehead atoms. The highest BCUT2D eigenvalue weighted by molar-refractivity contribution is 5.84. The third kappa shape index (κ3) is 4.48. The van der Waals surface area contributed by atoms with Gasteiger partial charge < -0.3 is 19.9 Å². The summed E-state index contributed by atoms with van der Waals surface area (Å²) in [7, 11) is 3.41. The smallest absolute Gasteiger partial charge is 0.245 e. The average Bonchev–Trinajstić information content (AvgIpc) is 2.97. The van der Waals surface area contributed by atoms with E-state index in [4.69, 9.17) is 4.74 Å². The van der Waals surface area contributed by atoms with E-state index in [1.54, 1.807) is 25.3 Å². The minimum atomic E-state index is -0.289. The van der Waals surface area contributed by atoms with Crippen LogP contribution in [0.3, 0.4) is 0 Å². The number of benzene rings is 1. The van der Waals surface area contributed by atoms with E-state index in [0.29, 0.717) is 13.0 Å². The van der Waals surface area contributed by atoms with Gasteiger partial charge in [-0.15, -0.1) is 0 Å². The summed E-state index contributed by atoms with van der Waals surface area (Å²) in [5.74, 6) is 1.58. The van der Waals surface area contributed by atoms with Crippen molar-refractivity contribution in [3.63, 3.8) is 0 Å². The molecular weight excluding hydrogens is 292 g/mol. The highest BCUT2D eigenvalue weighted by atomic mass is 16.5. The van der Waals surface area contributed by atoms with Gasteiger partial charge in [0.2, 0.25) is 5.91 Å². The van der Waals surface area contributed by atoms with Crippen molar-refractivity contribution >= 4 is 11.6 Å². The molecule has 6 heteroatoms. The first kappa shape index (κ1) is 16.9. The number of aryl methyl sites for hydroxylation is 1. The van der Waals surface area contributed by atoms with Crippen molar-refractivity contribution in [2.24, 2.45) is 0 Å². The lowest BCUT2D eigenvalue weighted by atomic mass is 10.1. The third-order valence-corrected chi connectivity index (χ3v) is 3.64. The Morgan fingerprint density at radius 1 is 1.48 bits per heavy atom. The number of hydrogen-bond acceptors (Lipinski definition) is 4. The standard InChI is InChI=1S/C17H24N4O2/c1-5-15(20-13-7-6-8-14(9-13)23-4)17(22)21(3)11-16-18-10-12(2)19-16/h6-10,15,20H,5,11H2,1-4H3,(H,18,19). The van der Waals surface area contributed by atoms with Gasteiger partial charge in [-0.3, -0.25) is 4.79 Å². The fraction of sp³-hybridized carbons (Fsp3) is 0.412. The number of hydrogen-bond donors (Lipinski definition) is 2. The van der Waals surface area contributed by atoms with Crippen LogP contribution in [-0.4, -0.2) is 41.0 Å². The molecule has 2 aromatic rings. The normalized spacial score (nSPS) is 11.8. The summed E-state index contributed by atoms with van der Waals surface area (Å²) in [5.41, 5.74) is 1.86. The number of aromatic nitrogens is 2. The molecule has 23 heavy (non-hydrogen) atoms. The van der Waals surface area contributed by atoms with Crippen molar-refractivity contribution in [2.75, 3.05) is 19.5 Å². The molecule has 1 amide bonds. The topological polar surface area (TPSA) is 70.2 Å². The summed E-state index contributed by atoms with van der Waals surface area (Å²) in [5, 5.41) is 3.27. The van der Waals surface area contributed by atoms with Gasteiger partial charge in [-0.25, -0.2) is 4.98 Å². The minimum absolute atomic E-state index is 0.0318. The number of amides is 1. The SMILES string of the molecule is CCC(Nc1cccc(OC)c1)C(=O)N(C)Cc1ncc(C)[nH]1. The summed E-state index contributed by atoms with van der Waals surface area (Å²) in [4.78, 5) is 21.7. The summed E-state index contributed by atoms with van der Waals surface area (Å²) in [6.45, 7) is 4.39. The number of aromatic amines is 1. The van der Waals surface area contributed by atoms with Crippen LogP contribution < -0.4 is 10.1 Å². The zero-order valence-electron chi connectivity index (χ0n) is 14.1. The quantitative estimate of drug-likeness (QED) is 0.823. The fourth-order valence-electron chi connectivity index (χ4n) is 2.37. The van der Waals surface area contributed by atoms with Crippen LogP contribution in [0.1, 0.15) is 24.9 Å². The lowest BCUT2D eigenvalue weighted by Crippen LogP contribution is -2.40. The molecule has 1 heterocycles. The molecule has 0 saturated heterocycles. The molecule has 0 aliphatic heterocycles. The van der Waals surface area contributed by atoms with E-state index in [1.165, 1.54) is 0 Å². The first-order valence-corrected chi connectivity index (χ1v) is 7.69. The molecule has 6 nitrogen and oxygen atoms in total. The van der Waals surface area contributed by atoms with Gasteiger partial charge in [0, 0.05) is 30.7 Å². The molecule has 0 radical (unpaired) electrons. The Morgan fingerprint density at radius 3 is 2.87 bits per heavy atom. The second-order valence-corrected chi connectivity index (χ2v) is 5.54. The number of H-pyrrole nitrogens is 1.